The summed E-state index contributed by atoms with van der Waals surface area (Å²) in [6.07, 6.45) is 0.211. The van der Waals surface area contributed by atoms with E-state index in [0.717, 1.165) is 5.56 Å². The van der Waals surface area contributed by atoms with Gasteiger partial charge in [-0.25, -0.2) is 4.39 Å². The van der Waals surface area contributed by atoms with Crippen molar-refractivity contribution in [3.63, 3.8) is 0 Å². The van der Waals surface area contributed by atoms with Crippen molar-refractivity contribution >= 4 is 0 Å². The molecule has 4 heteroatoms. The molecule has 0 N–H and O–H groups in total. The monoisotopic (exact) mass is 271 g/mol. The first-order valence-electron chi connectivity index (χ1n) is 6.07. The Hall–Kier alpha value is -2.54. The van der Waals surface area contributed by atoms with Gasteiger partial charge in [0.1, 0.15) is 17.3 Å². The Balaban J connectivity index is 2.53. The first-order chi connectivity index (χ1) is 9.69. The number of halogens is 1. The molecule has 0 heterocycles. The Bertz CT molecular complexity index is 662. The Kier molecular flexibility index (Phi) is 4.21. The number of rotatable bonds is 4. The third kappa shape index (κ3) is 2.72. The maximum absolute atomic E-state index is 13.9. The van der Waals surface area contributed by atoms with Gasteiger partial charge in [-0.2, -0.15) is 5.26 Å². The fourth-order valence-electron chi connectivity index (χ4n) is 2.02. The van der Waals surface area contributed by atoms with E-state index in [1.165, 1.54) is 13.2 Å². The molecule has 0 fully saturated rings. The highest BCUT2D eigenvalue weighted by Gasteiger charge is 2.10. The molecule has 0 unspecified atom stereocenters. The van der Waals surface area contributed by atoms with Gasteiger partial charge in [0.25, 0.3) is 0 Å². The van der Waals surface area contributed by atoms with Crippen LogP contribution >= 0.6 is 0 Å². The van der Waals surface area contributed by atoms with E-state index in [1.54, 1.807) is 37.4 Å². The summed E-state index contributed by atoms with van der Waals surface area (Å²) >= 11 is 0. The maximum atomic E-state index is 13.9. The van der Waals surface area contributed by atoms with Gasteiger partial charge in [-0.05, 0) is 35.9 Å². The van der Waals surface area contributed by atoms with Crippen LogP contribution in [0.5, 0.6) is 11.5 Å². The highest BCUT2D eigenvalue weighted by atomic mass is 19.1. The van der Waals surface area contributed by atoms with E-state index in [2.05, 4.69) is 6.07 Å². The molecule has 2 rings (SSSR count). The molecule has 2 aromatic rings. The second-order valence-electron chi connectivity index (χ2n) is 4.21. The molecule has 102 valence electrons. The molecule has 0 aliphatic rings. The standard InChI is InChI=1S/C16H14FNO2/c1-19-13-4-5-15(17)14(10-13)11-3-6-16(20-2)12(9-11)7-8-18/h3-6,9-10H,7H2,1-2H3. The van der Waals surface area contributed by atoms with E-state index in [9.17, 15) is 4.39 Å². The molecular weight excluding hydrogens is 257 g/mol. The van der Waals surface area contributed by atoms with Crippen LogP contribution in [0.1, 0.15) is 5.56 Å². The van der Waals surface area contributed by atoms with Crippen molar-refractivity contribution in [3.8, 4) is 28.7 Å². The number of hydrogen-bond donors (Lipinski definition) is 0. The van der Waals surface area contributed by atoms with E-state index < -0.39 is 0 Å². The molecule has 0 amide bonds. The van der Waals surface area contributed by atoms with Crippen molar-refractivity contribution < 1.29 is 13.9 Å². The largest absolute Gasteiger partial charge is 0.497 e. The van der Waals surface area contributed by atoms with Crippen molar-refractivity contribution in [3.05, 3.63) is 47.8 Å². The van der Waals surface area contributed by atoms with Crippen LogP contribution in [0.2, 0.25) is 0 Å². The number of methoxy groups -OCH3 is 2. The summed E-state index contributed by atoms with van der Waals surface area (Å²) in [6, 6.07) is 11.9. The van der Waals surface area contributed by atoms with Gasteiger partial charge in [0.15, 0.2) is 0 Å². The first kappa shape index (κ1) is 13.9. The molecule has 3 nitrogen and oxygen atoms in total. The predicted molar refractivity (Wildman–Crippen MR) is 74.3 cm³/mol. The Morgan fingerprint density at radius 1 is 1.10 bits per heavy atom. The molecule has 0 spiro atoms. The summed E-state index contributed by atoms with van der Waals surface area (Å²) in [7, 11) is 3.08. The fourth-order valence-corrected chi connectivity index (χ4v) is 2.02. The van der Waals surface area contributed by atoms with Crippen LogP contribution in [0.25, 0.3) is 11.1 Å². The molecule has 0 radical (unpaired) electrons. The minimum absolute atomic E-state index is 0.211. The second-order valence-corrected chi connectivity index (χ2v) is 4.21. The molecule has 0 saturated carbocycles. The third-order valence-corrected chi connectivity index (χ3v) is 3.03. The summed E-state index contributed by atoms with van der Waals surface area (Å²) in [5.41, 5.74) is 1.85. The van der Waals surface area contributed by atoms with Crippen LogP contribution in [0.3, 0.4) is 0 Å². The molecule has 0 aromatic heterocycles. The van der Waals surface area contributed by atoms with Gasteiger partial charge in [-0.15, -0.1) is 0 Å². The van der Waals surface area contributed by atoms with Gasteiger partial charge >= 0.3 is 0 Å². The predicted octanol–water partition coefficient (Wildman–Crippen LogP) is 3.58. The zero-order chi connectivity index (χ0) is 14.5. The Labute approximate surface area is 117 Å². The molecule has 0 aliphatic carbocycles. The van der Waals surface area contributed by atoms with Gasteiger partial charge in [-0.3, -0.25) is 0 Å². The number of nitriles is 1. The van der Waals surface area contributed by atoms with E-state index in [4.69, 9.17) is 14.7 Å². The second kappa shape index (κ2) is 6.07. The highest BCUT2D eigenvalue weighted by molar-refractivity contribution is 5.68. The van der Waals surface area contributed by atoms with Crippen LogP contribution in [-0.2, 0) is 6.42 Å². The molecule has 0 atom stereocenters. The summed E-state index contributed by atoms with van der Waals surface area (Å²) in [5, 5.41) is 8.84. The lowest BCUT2D eigenvalue weighted by Gasteiger charge is -2.10. The van der Waals surface area contributed by atoms with Gasteiger partial charge in [0, 0.05) is 11.1 Å². The minimum atomic E-state index is -0.334. The lowest BCUT2D eigenvalue weighted by molar-refractivity contribution is 0.411. The van der Waals surface area contributed by atoms with E-state index in [0.29, 0.717) is 22.6 Å². The molecule has 0 aliphatic heterocycles. The summed E-state index contributed by atoms with van der Waals surface area (Å²) in [5.74, 6) is 0.872. The zero-order valence-corrected chi connectivity index (χ0v) is 11.3. The Morgan fingerprint density at radius 2 is 1.90 bits per heavy atom. The normalized spacial score (nSPS) is 9.90. The smallest absolute Gasteiger partial charge is 0.131 e. The van der Waals surface area contributed by atoms with Gasteiger partial charge < -0.3 is 9.47 Å². The quantitative estimate of drug-likeness (QED) is 0.853. The molecule has 0 bridgehead atoms. The van der Waals surface area contributed by atoms with Crippen LogP contribution in [-0.4, -0.2) is 14.2 Å². The number of nitrogens with zero attached hydrogens (tertiary/aromatic N) is 1. The van der Waals surface area contributed by atoms with Crippen LogP contribution in [0.4, 0.5) is 4.39 Å². The van der Waals surface area contributed by atoms with Crippen molar-refractivity contribution in [1.29, 1.82) is 5.26 Å². The summed E-state index contributed by atoms with van der Waals surface area (Å²) in [6.45, 7) is 0. The third-order valence-electron chi connectivity index (χ3n) is 3.03. The molecule has 20 heavy (non-hydrogen) atoms. The lowest BCUT2D eigenvalue weighted by Crippen LogP contribution is -1.93. The van der Waals surface area contributed by atoms with Gasteiger partial charge in [-0.1, -0.05) is 6.07 Å². The highest BCUT2D eigenvalue weighted by Crippen LogP contribution is 2.31. The number of hydrogen-bond acceptors (Lipinski definition) is 3. The maximum Gasteiger partial charge on any atom is 0.131 e. The van der Waals surface area contributed by atoms with Crippen LogP contribution < -0.4 is 9.47 Å². The average molecular weight is 271 g/mol. The van der Waals surface area contributed by atoms with Crippen molar-refractivity contribution in [1.82, 2.24) is 0 Å². The SMILES string of the molecule is COc1ccc(F)c(-c2ccc(OC)c(CC#N)c2)c1. The van der Waals surface area contributed by atoms with Crippen molar-refractivity contribution in [2.45, 2.75) is 6.42 Å². The van der Waals surface area contributed by atoms with E-state index >= 15 is 0 Å². The zero-order valence-electron chi connectivity index (χ0n) is 11.3. The molecule has 2 aromatic carbocycles. The van der Waals surface area contributed by atoms with Crippen LogP contribution in [0, 0.1) is 17.1 Å². The van der Waals surface area contributed by atoms with Gasteiger partial charge in [0.2, 0.25) is 0 Å². The van der Waals surface area contributed by atoms with Crippen molar-refractivity contribution in [2.24, 2.45) is 0 Å². The molecular formula is C16H14FNO2. The topological polar surface area (TPSA) is 42.2 Å². The fraction of sp³-hybridized carbons (Fsp3) is 0.188. The summed E-state index contributed by atoms with van der Waals surface area (Å²) in [4.78, 5) is 0. The van der Waals surface area contributed by atoms with E-state index in [-0.39, 0.29) is 12.2 Å². The summed E-state index contributed by atoms with van der Waals surface area (Å²) < 4.78 is 24.2. The van der Waals surface area contributed by atoms with Crippen molar-refractivity contribution in [2.75, 3.05) is 14.2 Å². The minimum Gasteiger partial charge on any atom is -0.497 e. The average Bonchev–Trinajstić information content (AvgIpc) is 2.48. The molecule has 0 saturated heterocycles. The number of ether oxygens (including phenoxy) is 2. The van der Waals surface area contributed by atoms with Crippen LogP contribution in [0.15, 0.2) is 36.4 Å². The Morgan fingerprint density at radius 3 is 2.55 bits per heavy atom. The lowest BCUT2D eigenvalue weighted by atomic mass is 10.0. The first-order valence-corrected chi connectivity index (χ1v) is 6.07. The van der Waals surface area contributed by atoms with E-state index in [1.807, 2.05) is 0 Å². The van der Waals surface area contributed by atoms with Gasteiger partial charge in [0.05, 0.1) is 26.7 Å². The number of benzene rings is 2.